The maximum absolute atomic E-state index is 12.8. The van der Waals surface area contributed by atoms with Gasteiger partial charge in [0.2, 0.25) is 5.91 Å². The van der Waals surface area contributed by atoms with Gasteiger partial charge in [0.1, 0.15) is 4.32 Å². The molecule has 0 unspecified atom stereocenters. The Morgan fingerprint density at radius 1 is 1.12 bits per heavy atom. The zero-order valence-corrected chi connectivity index (χ0v) is 18.4. The van der Waals surface area contributed by atoms with Gasteiger partial charge in [-0.2, -0.15) is 13.2 Å². The van der Waals surface area contributed by atoms with E-state index in [1.807, 2.05) is 36.4 Å². The van der Waals surface area contributed by atoms with Gasteiger partial charge >= 0.3 is 6.18 Å². The summed E-state index contributed by atoms with van der Waals surface area (Å²) in [6.45, 7) is 0.250. The number of hydrogen-bond donors (Lipinski definition) is 1. The number of halogens is 3. The molecule has 2 amide bonds. The number of carbonyl (C=O) groups excluding carboxylic acids is 2. The largest absolute Gasteiger partial charge is 0.416 e. The number of rotatable bonds is 7. The van der Waals surface area contributed by atoms with Crippen molar-refractivity contribution in [3.05, 3.63) is 82.8 Å². The molecule has 0 bridgehead atoms. The summed E-state index contributed by atoms with van der Waals surface area (Å²) in [5, 5.41) is 2.45. The van der Waals surface area contributed by atoms with Crippen LogP contribution >= 0.6 is 24.0 Å². The van der Waals surface area contributed by atoms with Crippen LogP contribution in [0.15, 0.2) is 71.7 Å². The minimum absolute atomic E-state index is 0.0419. The molecule has 2 aromatic rings. The van der Waals surface area contributed by atoms with E-state index in [1.54, 1.807) is 12.2 Å². The smallest absolute Gasteiger partial charge is 0.326 e. The summed E-state index contributed by atoms with van der Waals surface area (Å²) >= 11 is 6.46. The van der Waals surface area contributed by atoms with Crippen molar-refractivity contribution in [2.24, 2.45) is 0 Å². The van der Waals surface area contributed by atoms with Crippen molar-refractivity contribution in [1.29, 1.82) is 0 Å². The molecule has 0 radical (unpaired) electrons. The fourth-order valence-electron chi connectivity index (χ4n) is 2.91. The summed E-state index contributed by atoms with van der Waals surface area (Å²) < 4.78 is 38.7. The number of alkyl halides is 3. The van der Waals surface area contributed by atoms with Gasteiger partial charge in [-0.1, -0.05) is 72.5 Å². The van der Waals surface area contributed by atoms with Crippen LogP contribution in [0.1, 0.15) is 24.0 Å². The standard InChI is InChI=1S/C23H19F3N2O2S2/c24-23(25,26)17-10-5-11-18(15-17)27-20(29)13-6-14-28-21(30)19(32-22(28)31)12-4-9-16-7-2-1-3-8-16/h1-5,7-12,15H,6,13-14H2,(H,27,29). The fraction of sp³-hybridized carbons (Fsp3) is 0.174. The predicted molar refractivity (Wildman–Crippen MR) is 125 cm³/mol. The molecule has 1 aliphatic heterocycles. The Balaban J connectivity index is 1.50. The number of nitrogens with one attached hydrogen (secondary N) is 1. The number of allylic oxidation sites excluding steroid dienone is 2. The van der Waals surface area contributed by atoms with Crippen molar-refractivity contribution in [3.8, 4) is 0 Å². The van der Waals surface area contributed by atoms with Gasteiger partial charge in [0.25, 0.3) is 5.91 Å². The predicted octanol–water partition coefficient (Wildman–Crippen LogP) is 5.88. The van der Waals surface area contributed by atoms with Gasteiger partial charge in [-0.15, -0.1) is 0 Å². The Hall–Kier alpha value is -2.91. The quantitative estimate of drug-likeness (QED) is 0.400. The van der Waals surface area contributed by atoms with E-state index in [9.17, 15) is 22.8 Å². The van der Waals surface area contributed by atoms with Gasteiger partial charge in [0.15, 0.2) is 0 Å². The van der Waals surface area contributed by atoms with Crippen LogP contribution in [-0.4, -0.2) is 27.6 Å². The third-order valence-corrected chi connectivity index (χ3v) is 5.86. The number of benzene rings is 2. The van der Waals surface area contributed by atoms with E-state index in [4.69, 9.17) is 12.2 Å². The van der Waals surface area contributed by atoms with Crippen molar-refractivity contribution in [1.82, 2.24) is 4.90 Å². The van der Waals surface area contributed by atoms with E-state index in [0.29, 0.717) is 15.6 Å². The molecule has 0 saturated carbocycles. The van der Waals surface area contributed by atoms with Crippen molar-refractivity contribution >= 4 is 51.9 Å². The lowest BCUT2D eigenvalue weighted by atomic mass is 10.2. The Kier molecular flexibility index (Phi) is 7.87. The minimum atomic E-state index is -4.48. The molecule has 4 nitrogen and oxygen atoms in total. The van der Waals surface area contributed by atoms with Gasteiger partial charge in [0, 0.05) is 18.7 Å². The first kappa shape index (κ1) is 23.7. The molecule has 1 N–H and O–H groups in total. The topological polar surface area (TPSA) is 49.4 Å². The molecule has 0 atom stereocenters. The molecule has 0 aliphatic carbocycles. The van der Waals surface area contributed by atoms with Crippen LogP contribution in [0.2, 0.25) is 0 Å². The molecule has 0 aromatic heterocycles. The number of anilines is 1. The highest BCUT2D eigenvalue weighted by molar-refractivity contribution is 8.26. The van der Waals surface area contributed by atoms with Gasteiger partial charge in [0.05, 0.1) is 10.5 Å². The van der Waals surface area contributed by atoms with Crippen LogP contribution in [-0.2, 0) is 15.8 Å². The lowest BCUT2D eigenvalue weighted by molar-refractivity contribution is -0.137. The first-order chi connectivity index (χ1) is 15.2. The third kappa shape index (κ3) is 6.54. The maximum Gasteiger partial charge on any atom is 0.416 e. The average Bonchev–Trinajstić information content (AvgIpc) is 3.01. The molecule has 1 fully saturated rings. The molecular weight excluding hydrogens is 457 g/mol. The number of hydrogen-bond acceptors (Lipinski definition) is 4. The first-order valence-electron chi connectivity index (χ1n) is 9.68. The fourth-order valence-corrected chi connectivity index (χ4v) is 4.17. The van der Waals surface area contributed by atoms with Gasteiger partial charge in [-0.3, -0.25) is 14.5 Å². The van der Waals surface area contributed by atoms with Crippen LogP contribution in [0.5, 0.6) is 0 Å². The summed E-state index contributed by atoms with van der Waals surface area (Å²) in [5.74, 6) is -0.660. The van der Waals surface area contributed by atoms with E-state index < -0.39 is 17.6 Å². The molecule has 166 valence electrons. The van der Waals surface area contributed by atoms with Crippen molar-refractivity contribution in [3.63, 3.8) is 0 Å². The molecule has 1 aliphatic rings. The van der Waals surface area contributed by atoms with E-state index >= 15 is 0 Å². The highest BCUT2D eigenvalue weighted by Gasteiger charge is 2.32. The second kappa shape index (κ2) is 10.6. The van der Waals surface area contributed by atoms with E-state index in [0.717, 1.165) is 17.7 Å². The summed E-state index contributed by atoms with van der Waals surface area (Å²) in [6, 6.07) is 14.1. The lowest BCUT2D eigenvalue weighted by Crippen LogP contribution is -2.29. The average molecular weight is 477 g/mol. The highest BCUT2D eigenvalue weighted by atomic mass is 32.2. The third-order valence-electron chi connectivity index (χ3n) is 4.47. The Labute approximate surface area is 193 Å². The number of thiocarbonyl (C=S) groups is 1. The van der Waals surface area contributed by atoms with Gasteiger partial charge < -0.3 is 5.32 Å². The van der Waals surface area contributed by atoms with Gasteiger partial charge in [-0.25, -0.2) is 0 Å². The van der Waals surface area contributed by atoms with Crippen LogP contribution in [0.25, 0.3) is 6.08 Å². The minimum Gasteiger partial charge on any atom is -0.326 e. The second-order valence-corrected chi connectivity index (χ2v) is 8.53. The second-order valence-electron chi connectivity index (χ2n) is 6.86. The van der Waals surface area contributed by atoms with Crippen LogP contribution in [0.3, 0.4) is 0 Å². The molecule has 1 heterocycles. The molecule has 9 heteroatoms. The van der Waals surface area contributed by atoms with Crippen molar-refractivity contribution < 1.29 is 22.8 Å². The van der Waals surface area contributed by atoms with Crippen LogP contribution in [0, 0.1) is 0 Å². The molecule has 2 aromatic carbocycles. The Morgan fingerprint density at radius 3 is 2.59 bits per heavy atom. The van der Waals surface area contributed by atoms with Gasteiger partial charge in [-0.05, 0) is 36.3 Å². The lowest BCUT2D eigenvalue weighted by Gasteiger charge is -2.14. The number of carbonyl (C=O) groups is 2. The number of amides is 2. The highest BCUT2D eigenvalue weighted by Crippen LogP contribution is 2.32. The monoisotopic (exact) mass is 476 g/mol. The summed E-state index contributed by atoms with van der Waals surface area (Å²) in [4.78, 5) is 26.6. The molecule has 3 rings (SSSR count). The summed E-state index contributed by atoms with van der Waals surface area (Å²) in [7, 11) is 0. The Morgan fingerprint density at radius 2 is 1.88 bits per heavy atom. The molecular formula is C23H19F3N2O2S2. The zero-order valence-electron chi connectivity index (χ0n) is 16.8. The van der Waals surface area contributed by atoms with Crippen molar-refractivity contribution in [2.45, 2.75) is 19.0 Å². The maximum atomic E-state index is 12.8. The van der Waals surface area contributed by atoms with E-state index in [2.05, 4.69) is 5.32 Å². The normalized spacial score (nSPS) is 15.7. The van der Waals surface area contributed by atoms with E-state index in [1.165, 1.54) is 28.8 Å². The van der Waals surface area contributed by atoms with E-state index in [-0.39, 0.29) is 24.6 Å². The van der Waals surface area contributed by atoms with Crippen LogP contribution in [0.4, 0.5) is 18.9 Å². The Bertz CT molecular complexity index is 1070. The first-order valence-corrected chi connectivity index (χ1v) is 10.9. The molecule has 1 saturated heterocycles. The summed E-state index contributed by atoms with van der Waals surface area (Å²) in [6.07, 6.45) is 1.25. The number of nitrogens with zero attached hydrogens (tertiary/aromatic N) is 1. The SMILES string of the molecule is O=C(CCCN1C(=O)C(=CC=Cc2ccccc2)SC1=S)Nc1cccc(C(F)(F)F)c1. The summed E-state index contributed by atoms with van der Waals surface area (Å²) in [5.41, 5.74) is 0.246. The molecule has 32 heavy (non-hydrogen) atoms. The zero-order chi connectivity index (χ0) is 23.1. The molecule has 0 spiro atoms. The number of thioether (sulfide) groups is 1. The van der Waals surface area contributed by atoms with Crippen LogP contribution < -0.4 is 5.32 Å². The van der Waals surface area contributed by atoms with Crippen molar-refractivity contribution in [2.75, 3.05) is 11.9 Å².